The molecule has 8 heteroatoms. The fourth-order valence-corrected chi connectivity index (χ4v) is 1.70. The van der Waals surface area contributed by atoms with Gasteiger partial charge in [-0.3, -0.25) is 4.79 Å². The first kappa shape index (κ1) is 14.5. The normalized spacial score (nSPS) is 10.4. The van der Waals surface area contributed by atoms with Crippen LogP contribution in [-0.4, -0.2) is 29.0 Å². The molecule has 1 aromatic heterocycles. The Hall–Kier alpha value is -1.57. The summed E-state index contributed by atoms with van der Waals surface area (Å²) < 4.78 is 6.32. The first-order valence-electron chi connectivity index (χ1n) is 5.37. The summed E-state index contributed by atoms with van der Waals surface area (Å²) in [6.07, 6.45) is 0.708. The average Bonchev–Trinajstić information content (AvgIpc) is 2.29. The van der Waals surface area contributed by atoms with Crippen molar-refractivity contribution in [2.45, 2.75) is 19.9 Å². The van der Waals surface area contributed by atoms with Crippen LogP contribution < -0.4 is 16.6 Å². The SMILES string of the molecule is CC(C)n1ncc(NCCOC(N)=O)c(Br)c1=O. The van der Waals surface area contributed by atoms with Gasteiger partial charge in [-0.15, -0.1) is 0 Å². The predicted molar refractivity (Wildman–Crippen MR) is 70.6 cm³/mol. The molecule has 1 rings (SSSR count). The highest BCUT2D eigenvalue weighted by atomic mass is 79.9. The maximum atomic E-state index is 11.9. The molecule has 1 heterocycles. The van der Waals surface area contributed by atoms with Crippen LogP contribution in [0.5, 0.6) is 0 Å². The molecule has 0 saturated heterocycles. The van der Waals surface area contributed by atoms with Crippen LogP contribution in [0, 0.1) is 0 Å². The zero-order valence-corrected chi connectivity index (χ0v) is 11.7. The summed E-state index contributed by atoms with van der Waals surface area (Å²) in [6, 6.07) is -0.0129. The third-order valence-electron chi connectivity index (χ3n) is 2.09. The van der Waals surface area contributed by atoms with Gasteiger partial charge >= 0.3 is 6.09 Å². The average molecular weight is 319 g/mol. The number of ether oxygens (including phenoxy) is 1. The quantitative estimate of drug-likeness (QED) is 0.792. The molecule has 1 aromatic rings. The van der Waals surface area contributed by atoms with E-state index in [2.05, 4.69) is 31.1 Å². The van der Waals surface area contributed by atoms with E-state index < -0.39 is 6.09 Å². The smallest absolute Gasteiger partial charge is 0.404 e. The predicted octanol–water partition coefficient (Wildman–Crippen LogP) is 1.09. The molecule has 0 aliphatic rings. The van der Waals surface area contributed by atoms with Crippen LogP contribution in [0.25, 0.3) is 0 Å². The molecule has 0 unspecified atom stereocenters. The molecule has 18 heavy (non-hydrogen) atoms. The highest BCUT2D eigenvalue weighted by Crippen LogP contribution is 2.16. The number of nitrogens with one attached hydrogen (secondary N) is 1. The van der Waals surface area contributed by atoms with Crippen molar-refractivity contribution < 1.29 is 9.53 Å². The molecule has 0 atom stereocenters. The largest absolute Gasteiger partial charge is 0.448 e. The van der Waals surface area contributed by atoms with Crippen molar-refractivity contribution in [3.63, 3.8) is 0 Å². The summed E-state index contributed by atoms with van der Waals surface area (Å²) >= 11 is 3.21. The maximum Gasteiger partial charge on any atom is 0.404 e. The summed E-state index contributed by atoms with van der Waals surface area (Å²) in [4.78, 5) is 22.2. The van der Waals surface area contributed by atoms with Crippen LogP contribution in [0.3, 0.4) is 0 Å². The third kappa shape index (κ3) is 3.73. The minimum absolute atomic E-state index is 0.0129. The summed E-state index contributed by atoms with van der Waals surface area (Å²) in [6.45, 7) is 4.20. The fraction of sp³-hybridized carbons (Fsp3) is 0.500. The Bertz CT molecular complexity index is 487. The molecule has 1 amide bonds. The van der Waals surface area contributed by atoms with Crippen molar-refractivity contribution in [3.8, 4) is 0 Å². The monoisotopic (exact) mass is 318 g/mol. The number of halogens is 1. The minimum atomic E-state index is -0.829. The van der Waals surface area contributed by atoms with Crippen LogP contribution in [0.1, 0.15) is 19.9 Å². The summed E-state index contributed by atoms with van der Waals surface area (Å²) in [5, 5.41) is 6.95. The molecule has 0 spiro atoms. The van der Waals surface area contributed by atoms with E-state index in [9.17, 15) is 9.59 Å². The van der Waals surface area contributed by atoms with Gasteiger partial charge in [0.15, 0.2) is 0 Å². The molecule has 100 valence electrons. The highest BCUT2D eigenvalue weighted by Gasteiger charge is 2.10. The van der Waals surface area contributed by atoms with Crippen molar-refractivity contribution >= 4 is 27.7 Å². The van der Waals surface area contributed by atoms with E-state index in [0.29, 0.717) is 16.7 Å². The zero-order chi connectivity index (χ0) is 13.7. The highest BCUT2D eigenvalue weighted by molar-refractivity contribution is 9.10. The Morgan fingerprint density at radius 1 is 1.67 bits per heavy atom. The number of hydrogen-bond donors (Lipinski definition) is 2. The number of primary amides is 1. The van der Waals surface area contributed by atoms with Gasteiger partial charge in [0.05, 0.1) is 17.9 Å². The van der Waals surface area contributed by atoms with Crippen LogP contribution in [0.15, 0.2) is 15.5 Å². The number of nitrogens with zero attached hydrogens (tertiary/aromatic N) is 2. The number of aromatic nitrogens is 2. The van der Waals surface area contributed by atoms with E-state index in [1.807, 2.05) is 13.8 Å². The summed E-state index contributed by atoms with van der Waals surface area (Å²) in [5.41, 5.74) is 5.14. The molecular formula is C10H15BrN4O3. The van der Waals surface area contributed by atoms with Gasteiger partial charge in [-0.1, -0.05) is 0 Å². The van der Waals surface area contributed by atoms with Gasteiger partial charge in [0.25, 0.3) is 5.56 Å². The molecule has 0 aromatic carbocycles. The second kappa shape index (κ2) is 6.39. The molecule has 0 aliphatic carbocycles. The Balaban J connectivity index is 2.71. The van der Waals surface area contributed by atoms with Crippen LogP contribution in [0.4, 0.5) is 10.5 Å². The number of hydrogen-bond acceptors (Lipinski definition) is 5. The van der Waals surface area contributed by atoms with Gasteiger partial charge in [-0.2, -0.15) is 5.10 Å². The van der Waals surface area contributed by atoms with Crippen molar-refractivity contribution in [2.24, 2.45) is 5.73 Å². The van der Waals surface area contributed by atoms with Gasteiger partial charge < -0.3 is 15.8 Å². The van der Waals surface area contributed by atoms with Gasteiger partial charge in [0.1, 0.15) is 11.1 Å². The fourth-order valence-electron chi connectivity index (χ4n) is 1.27. The van der Waals surface area contributed by atoms with Gasteiger partial charge in [0.2, 0.25) is 0 Å². The van der Waals surface area contributed by atoms with Crippen molar-refractivity contribution in [1.29, 1.82) is 0 Å². The van der Waals surface area contributed by atoms with Crippen LogP contribution in [0.2, 0.25) is 0 Å². The molecule has 7 nitrogen and oxygen atoms in total. The standard InChI is InChI=1S/C10H15BrN4O3/c1-6(2)15-9(16)8(11)7(5-14-15)13-3-4-18-10(12)17/h5-6,13H,3-4H2,1-2H3,(H2,12,17). The summed E-state index contributed by atoms with van der Waals surface area (Å²) in [5.74, 6) is 0. The van der Waals surface area contributed by atoms with Crippen LogP contribution in [-0.2, 0) is 4.74 Å². The van der Waals surface area contributed by atoms with Crippen LogP contribution >= 0.6 is 15.9 Å². The molecule has 0 saturated carbocycles. The van der Waals surface area contributed by atoms with E-state index in [1.54, 1.807) is 0 Å². The Kier molecular flexibility index (Phi) is 5.14. The van der Waals surface area contributed by atoms with Crippen molar-refractivity contribution in [1.82, 2.24) is 9.78 Å². The third-order valence-corrected chi connectivity index (χ3v) is 2.86. The van der Waals surface area contributed by atoms with Gasteiger partial charge in [-0.25, -0.2) is 9.48 Å². The lowest BCUT2D eigenvalue weighted by Crippen LogP contribution is -2.26. The van der Waals surface area contributed by atoms with E-state index >= 15 is 0 Å². The number of carbonyl (C=O) groups is 1. The first-order valence-corrected chi connectivity index (χ1v) is 6.16. The first-order chi connectivity index (χ1) is 8.43. The van der Waals surface area contributed by atoms with E-state index in [4.69, 9.17) is 5.73 Å². The molecule has 0 aliphatic heterocycles. The number of amides is 1. The Morgan fingerprint density at radius 2 is 2.33 bits per heavy atom. The molecule has 3 N–H and O–H groups in total. The Labute approximate surface area is 112 Å². The van der Waals surface area contributed by atoms with E-state index in [-0.39, 0.29) is 18.2 Å². The van der Waals surface area contributed by atoms with Gasteiger partial charge in [-0.05, 0) is 29.8 Å². The topological polar surface area (TPSA) is 99.2 Å². The number of nitrogens with two attached hydrogens (primary N) is 1. The summed E-state index contributed by atoms with van der Waals surface area (Å²) in [7, 11) is 0. The van der Waals surface area contributed by atoms with Gasteiger partial charge in [0, 0.05) is 6.54 Å². The molecule has 0 radical (unpaired) electrons. The number of carbonyl (C=O) groups excluding carboxylic acids is 1. The number of anilines is 1. The Morgan fingerprint density at radius 3 is 2.89 bits per heavy atom. The lowest BCUT2D eigenvalue weighted by atomic mass is 10.4. The second-order valence-corrected chi connectivity index (χ2v) is 4.60. The van der Waals surface area contributed by atoms with E-state index in [1.165, 1.54) is 10.9 Å². The minimum Gasteiger partial charge on any atom is -0.448 e. The second-order valence-electron chi connectivity index (χ2n) is 3.81. The maximum absolute atomic E-state index is 11.9. The lowest BCUT2D eigenvalue weighted by Gasteiger charge is -2.12. The van der Waals surface area contributed by atoms with Crippen molar-refractivity contribution in [2.75, 3.05) is 18.5 Å². The molecule has 0 fully saturated rings. The van der Waals surface area contributed by atoms with E-state index in [0.717, 1.165) is 0 Å². The van der Waals surface area contributed by atoms with Crippen molar-refractivity contribution in [3.05, 3.63) is 21.0 Å². The zero-order valence-electron chi connectivity index (χ0n) is 10.1. The lowest BCUT2D eigenvalue weighted by molar-refractivity contribution is 0.161. The molecular weight excluding hydrogens is 304 g/mol. The molecule has 0 bridgehead atoms. The number of rotatable bonds is 5.